The van der Waals surface area contributed by atoms with Gasteiger partial charge in [0.05, 0.1) is 0 Å². The van der Waals surface area contributed by atoms with E-state index >= 15 is 0 Å². The second kappa shape index (κ2) is 4.65. The summed E-state index contributed by atoms with van der Waals surface area (Å²) in [7, 11) is 0. The highest BCUT2D eigenvalue weighted by Crippen LogP contribution is 2.52. The quantitative estimate of drug-likeness (QED) is 0.825. The van der Waals surface area contributed by atoms with E-state index < -0.39 is 0 Å². The molecule has 1 saturated carbocycles. The summed E-state index contributed by atoms with van der Waals surface area (Å²) in [5.41, 5.74) is 1.19. The fourth-order valence-electron chi connectivity index (χ4n) is 4.48. The molecule has 2 amide bonds. The third-order valence-electron chi connectivity index (χ3n) is 4.77. The summed E-state index contributed by atoms with van der Waals surface area (Å²) in [5.74, 6) is 0.168. The average Bonchev–Trinajstić information content (AvgIpc) is 2.58. The predicted molar refractivity (Wildman–Crippen MR) is 83.4 cm³/mol. The number of phenols is 1. The maximum absolute atomic E-state index is 12.6. The third-order valence-corrected chi connectivity index (χ3v) is 4.77. The molecule has 0 radical (unpaired) electrons. The predicted octanol–water partition coefficient (Wildman–Crippen LogP) is 3.82. The van der Waals surface area contributed by atoms with Crippen molar-refractivity contribution in [1.82, 2.24) is 4.90 Å². The summed E-state index contributed by atoms with van der Waals surface area (Å²) < 4.78 is 0. The summed E-state index contributed by atoms with van der Waals surface area (Å²) in [6.45, 7) is 7.72. The molecule has 0 aromatic heterocycles. The van der Waals surface area contributed by atoms with Crippen molar-refractivity contribution in [1.29, 1.82) is 0 Å². The van der Waals surface area contributed by atoms with Crippen molar-refractivity contribution in [3.63, 3.8) is 0 Å². The zero-order valence-electron chi connectivity index (χ0n) is 13.0. The Balaban J connectivity index is 1.74. The highest BCUT2D eigenvalue weighted by atomic mass is 16.3. The smallest absolute Gasteiger partial charge is 0.322 e. The van der Waals surface area contributed by atoms with Gasteiger partial charge in [0.2, 0.25) is 0 Å². The van der Waals surface area contributed by atoms with Crippen LogP contribution in [0.1, 0.15) is 40.0 Å². The molecule has 1 aromatic rings. The van der Waals surface area contributed by atoms with Gasteiger partial charge in [0, 0.05) is 24.3 Å². The van der Waals surface area contributed by atoms with Crippen LogP contribution < -0.4 is 5.32 Å². The Morgan fingerprint density at radius 2 is 2.10 bits per heavy atom. The molecule has 2 N–H and O–H groups in total. The summed E-state index contributed by atoms with van der Waals surface area (Å²) in [5, 5.41) is 12.4. The van der Waals surface area contributed by atoms with Crippen LogP contribution in [0.2, 0.25) is 0 Å². The molecule has 1 aliphatic carbocycles. The minimum atomic E-state index is -0.0491. The number of anilines is 1. The number of fused-ring (bicyclic) bond motifs is 2. The van der Waals surface area contributed by atoms with Gasteiger partial charge in [-0.3, -0.25) is 0 Å². The maximum atomic E-state index is 12.6. The molecule has 2 bridgehead atoms. The van der Waals surface area contributed by atoms with Gasteiger partial charge >= 0.3 is 6.03 Å². The molecule has 2 atom stereocenters. The Hall–Kier alpha value is -1.71. The van der Waals surface area contributed by atoms with Crippen LogP contribution in [0.15, 0.2) is 24.3 Å². The number of urea groups is 1. The number of aromatic hydroxyl groups is 1. The largest absolute Gasteiger partial charge is 0.508 e. The monoisotopic (exact) mass is 288 g/mol. The molecule has 2 fully saturated rings. The van der Waals surface area contributed by atoms with Crippen LogP contribution in [0.25, 0.3) is 0 Å². The van der Waals surface area contributed by atoms with Crippen LogP contribution in [0, 0.1) is 10.8 Å². The fourth-order valence-corrected chi connectivity index (χ4v) is 4.48. The molecule has 2 unspecified atom stereocenters. The van der Waals surface area contributed by atoms with Gasteiger partial charge < -0.3 is 15.3 Å². The van der Waals surface area contributed by atoms with Gasteiger partial charge in [-0.25, -0.2) is 4.79 Å². The Bertz CT molecular complexity index is 570. The Kier molecular flexibility index (Phi) is 3.15. The van der Waals surface area contributed by atoms with Crippen molar-refractivity contribution in [3.8, 4) is 5.75 Å². The second-order valence-corrected chi connectivity index (χ2v) is 7.82. The van der Waals surface area contributed by atoms with E-state index in [2.05, 4.69) is 26.1 Å². The van der Waals surface area contributed by atoms with Crippen molar-refractivity contribution in [2.45, 2.75) is 46.1 Å². The number of likely N-dealkylation sites (tertiary alicyclic amines) is 1. The van der Waals surface area contributed by atoms with Crippen LogP contribution in [0.5, 0.6) is 5.75 Å². The molecule has 0 spiro atoms. The first-order chi connectivity index (χ1) is 9.76. The van der Waals surface area contributed by atoms with Crippen LogP contribution in [0.4, 0.5) is 10.5 Å². The van der Waals surface area contributed by atoms with Gasteiger partial charge in [0.25, 0.3) is 0 Å². The normalized spacial score (nSPS) is 30.2. The molecule has 1 saturated heterocycles. The number of nitrogens with zero attached hydrogens (tertiary/aromatic N) is 1. The van der Waals surface area contributed by atoms with Crippen LogP contribution in [0.3, 0.4) is 0 Å². The lowest BCUT2D eigenvalue weighted by molar-refractivity contribution is 0.130. The molecule has 3 rings (SSSR count). The topological polar surface area (TPSA) is 52.6 Å². The number of nitrogens with one attached hydrogen (secondary N) is 1. The van der Waals surface area contributed by atoms with Gasteiger partial charge in [0.1, 0.15) is 5.75 Å². The molecule has 1 heterocycles. The molecule has 4 heteroatoms. The molecule has 4 nitrogen and oxygen atoms in total. The zero-order chi connectivity index (χ0) is 15.3. The molecule has 21 heavy (non-hydrogen) atoms. The highest BCUT2D eigenvalue weighted by Gasteiger charge is 2.50. The second-order valence-electron chi connectivity index (χ2n) is 7.82. The van der Waals surface area contributed by atoms with Crippen LogP contribution >= 0.6 is 0 Å². The van der Waals surface area contributed by atoms with Gasteiger partial charge in [-0.05, 0) is 42.2 Å². The lowest BCUT2D eigenvalue weighted by atomic mass is 9.65. The molecular weight excluding hydrogens is 264 g/mol. The Labute approximate surface area is 126 Å². The SMILES string of the molecule is CC1(C)CC2CC(C)(CN2C(=O)Nc2cccc(O)c2)C1. The van der Waals surface area contributed by atoms with E-state index in [1.807, 2.05) is 4.90 Å². The summed E-state index contributed by atoms with van der Waals surface area (Å²) in [6.07, 6.45) is 3.34. The van der Waals surface area contributed by atoms with E-state index in [-0.39, 0.29) is 17.2 Å². The number of benzene rings is 1. The van der Waals surface area contributed by atoms with Gasteiger partial charge in [-0.1, -0.05) is 26.8 Å². The third kappa shape index (κ3) is 2.85. The van der Waals surface area contributed by atoms with E-state index in [1.165, 1.54) is 6.42 Å². The van der Waals surface area contributed by atoms with Crippen LogP contribution in [-0.4, -0.2) is 28.6 Å². The molecule has 2 aliphatic rings. The molecule has 114 valence electrons. The number of phenolic OH excluding ortho intramolecular Hbond substituents is 1. The van der Waals surface area contributed by atoms with Crippen LogP contribution in [-0.2, 0) is 0 Å². The minimum Gasteiger partial charge on any atom is -0.508 e. The van der Waals surface area contributed by atoms with Gasteiger partial charge in [-0.15, -0.1) is 0 Å². The highest BCUT2D eigenvalue weighted by molar-refractivity contribution is 5.90. The molecule has 1 aliphatic heterocycles. The van der Waals surface area contributed by atoms with Gasteiger partial charge in [-0.2, -0.15) is 0 Å². The van der Waals surface area contributed by atoms with Crippen molar-refractivity contribution in [2.75, 3.05) is 11.9 Å². The molecular formula is C17H24N2O2. The lowest BCUT2D eigenvalue weighted by Gasteiger charge is -2.39. The maximum Gasteiger partial charge on any atom is 0.322 e. The van der Waals surface area contributed by atoms with Crippen molar-refractivity contribution < 1.29 is 9.90 Å². The number of carbonyl (C=O) groups is 1. The standard InChI is InChI=1S/C17H24N2O2/c1-16(2)8-13-9-17(3,10-16)11-19(13)15(21)18-12-5-4-6-14(20)7-12/h4-7,13,20H,8-11H2,1-3H3,(H,18,21). The first-order valence-electron chi connectivity index (χ1n) is 7.63. The van der Waals surface area contributed by atoms with E-state index in [0.717, 1.165) is 19.4 Å². The van der Waals surface area contributed by atoms with Crippen molar-refractivity contribution in [2.24, 2.45) is 10.8 Å². The first-order valence-corrected chi connectivity index (χ1v) is 7.63. The van der Waals surface area contributed by atoms with Crippen molar-refractivity contribution >= 4 is 11.7 Å². The summed E-state index contributed by atoms with van der Waals surface area (Å²) in [4.78, 5) is 14.5. The Morgan fingerprint density at radius 3 is 2.81 bits per heavy atom. The van der Waals surface area contributed by atoms with Gasteiger partial charge in [0.15, 0.2) is 0 Å². The van der Waals surface area contributed by atoms with Crippen molar-refractivity contribution in [3.05, 3.63) is 24.3 Å². The lowest BCUT2D eigenvalue weighted by Crippen LogP contribution is -2.40. The zero-order valence-corrected chi connectivity index (χ0v) is 13.0. The number of amides is 2. The number of hydrogen-bond donors (Lipinski definition) is 2. The Morgan fingerprint density at radius 1 is 1.33 bits per heavy atom. The van der Waals surface area contributed by atoms with E-state index in [9.17, 15) is 9.90 Å². The van der Waals surface area contributed by atoms with E-state index in [4.69, 9.17) is 0 Å². The van der Waals surface area contributed by atoms with E-state index in [0.29, 0.717) is 17.1 Å². The summed E-state index contributed by atoms with van der Waals surface area (Å²) in [6, 6.07) is 6.99. The number of rotatable bonds is 1. The number of hydrogen-bond acceptors (Lipinski definition) is 2. The van der Waals surface area contributed by atoms with E-state index in [1.54, 1.807) is 24.3 Å². The first kappa shape index (κ1) is 14.2. The average molecular weight is 288 g/mol. The number of carbonyl (C=O) groups excluding carboxylic acids is 1. The minimum absolute atomic E-state index is 0.0491. The fraction of sp³-hybridized carbons (Fsp3) is 0.588. The summed E-state index contributed by atoms with van der Waals surface area (Å²) >= 11 is 0. The molecule has 1 aromatic carbocycles.